The van der Waals surface area contributed by atoms with Crippen LogP contribution in [0.3, 0.4) is 0 Å². The van der Waals surface area contributed by atoms with Gasteiger partial charge in [-0.25, -0.2) is 9.37 Å². The van der Waals surface area contributed by atoms with Gasteiger partial charge >= 0.3 is 0 Å². The molecule has 2 aromatic rings. The van der Waals surface area contributed by atoms with Gasteiger partial charge in [0.2, 0.25) is 0 Å². The number of rotatable bonds is 3. The molecule has 18 heavy (non-hydrogen) atoms. The highest BCUT2D eigenvalue weighted by Gasteiger charge is 2.21. The Balaban J connectivity index is 2.38. The third-order valence-electron chi connectivity index (χ3n) is 3.26. The topological polar surface area (TPSA) is 40.7 Å². The molecule has 0 atom stereocenters. The number of benzene rings is 1. The highest BCUT2D eigenvalue weighted by molar-refractivity contribution is 5.59. The van der Waals surface area contributed by atoms with Crippen molar-refractivity contribution in [2.24, 2.45) is 0 Å². The van der Waals surface area contributed by atoms with Crippen molar-refractivity contribution in [3.05, 3.63) is 41.6 Å². The van der Waals surface area contributed by atoms with E-state index in [1.165, 1.54) is 6.07 Å². The standard InChI is InChI=1S/C14H18FN3/c1-9-7-10(5-6-11(9)15)12-8-17-13(18-12)14(2,3)16-4/h5-8,16H,1-4H3,(H,17,18). The number of aromatic amines is 1. The normalized spacial score (nSPS) is 11.8. The first-order valence-electron chi connectivity index (χ1n) is 5.95. The largest absolute Gasteiger partial charge is 0.340 e. The summed E-state index contributed by atoms with van der Waals surface area (Å²) in [6.07, 6.45) is 1.78. The van der Waals surface area contributed by atoms with Crippen LogP contribution in [0, 0.1) is 12.7 Å². The van der Waals surface area contributed by atoms with Gasteiger partial charge in [-0.2, -0.15) is 0 Å². The lowest BCUT2D eigenvalue weighted by Gasteiger charge is -2.20. The van der Waals surface area contributed by atoms with E-state index >= 15 is 0 Å². The molecule has 0 saturated heterocycles. The Kier molecular flexibility index (Phi) is 3.22. The summed E-state index contributed by atoms with van der Waals surface area (Å²) in [6, 6.07) is 5.05. The van der Waals surface area contributed by atoms with Gasteiger partial charge in [0.1, 0.15) is 11.6 Å². The van der Waals surface area contributed by atoms with E-state index in [1.807, 2.05) is 27.0 Å². The average Bonchev–Trinajstić information content (AvgIpc) is 2.83. The third-order valence-corrected chi connectivity index (χ3v) is 3.26. The van der Waals surface area contributed by atoms with E-state index in [0.29, 0.717) is 5.56 Å². The minimum Gasteiger partial charge on any atom is -0.340 e. The first-order valence-corrected chi connectivity index (χ1v) is 5.95. The Bertz CT molecular complexity index is 558. The molecule has 2 N–H and O–H groups in total. The highest BCUT2D eigenvalue weighted by Crippen LogP contribution is 2.23. The van der Waals surface area contributed by atoms with Gasteiger partial charge in [0, 0.05) is 5.56 Å². The molecular weight excluding hydrogens is 229 g/mol. The SMILES string of the molecule is CNC(C)(C)c1ncc(-c2ccc(F)c(C)c2)[nH]1. The lowest BCUT2D eigenvalue weighted by atomic mass is 10.1. The molecule has 2 rings (SSSR count). The number of H-pyrrole nitrogens is 1. The zero-order valence-corrected chi connectivity index (χ0v) is 11.1. The van der Waals surface area contributed by atoms with E-state index in [0.717, 1.165) is 17.1 Å². The van der Waals surface area contributed by atoms with Gasteiger partial charge in [-0.1, -0.05) is 0 Å². The lowest BCUT2D eigenvalue weighted by Crippen LogP contribution is -2.34. The van der Waals surface area contributed by atoms with E-state index in [2.05, 4.69) is 15.3 Å². The number of nitrogens with one attached hydrogen (secondary N) is 2. The van der Waals surface area contributed by atoms with Crippen LogP contribution in [0.1, 0.15) is 25.2 Å². The predicted octanol–water partition coefficient (Wildman–Crippen LogP) is 2.98. The third kappa shape index (κ3) is 2.29. The molecule has 0 radical (unpaired) electrons. The molecule has 0 aliphatic heterocycles. The molecule has 0 saturated carbocycles. The molecule has 96 valence electrons. The first-order chi connectivity index (χ1) is 8.44. The second kappa shape index (κ2) is 4.53. The van der Waals surface area contributed by atoms with Crippen LogP contribution in [0.5, 0.6) is 0 Å². The van der Waals surface area contributed by atoms with Crippen molar-refractivity contribution in [1.82, 2.24) is 15.3 Å². The lowest BCUT2D eigenvalue weighted by molar-refractivity contribution is 0.421. The van der Waals surface area contributed by atoms with Crippen LogP contribution in [0.15, 0.2) is 24.4 Å². The molecule has 1 aromatic carbocycles. The number of aromatic nitrogens is 2. The molecular formula is C14H18FN3. The second-order valence-corrected chi connectivity index (χ2v) is 4.98. The molecule has 0 amide bonds. The fourth-order valence-corrected chi connectivity index (χ4v) is 1.72. The molecule has 0 aliphatic carbocycles. The van der Waals surface area contributed by atoms with Crippen LogP contribution >= 0.6 is 0 Å². The quantitative estimate of drug-likeness (QED) is 0.875. The first kappa shape index (κ1) is 12.8. The summed E-state index contributed by atoms with van der Waals surface area (Å²) in [4.78, 5) is 7.65. The van der Waals surface area contributed by atoms with Crippen LogP contribution in [-0.2, 0) is 5.54 Å². The van der Waals surface area contributed by atoms with Crippen molar-refractivity contribution in [2.75, 3.05) is 7.05 Å². The smallest absolute Gasteiger partial charge is 0.126 e. The Hall–Kier alpha value is -1.68. The Labute approximate surface area is 106 Å². The number of hydrogen-bond acceptors (Lipinski definition) is 2. The van der Waals surface area contributed by atoms with E-state index in [-0.39, 0.29) is 11.4 Å². The molecule has 0 fully saturated rings. The van der Waals surface area contributed by atoms with Crippen molar-refractivity contribution in [1.29, 1.82) is 0 Å². The van der Waals surface area contributed by atoms with Crippen molar-refractivity contribution >= 4 is 0 Å². The van der Waals surface area contributed by atoms with Crippen LogP contribution in [-0.4, -0.2) is 17.0 Å². The number of aryl methyl sites for hydroxylation is 1. The van der Waals surface area contributed by atoms with Gasteiger partial charge in [0.15, 0.2) is 0 Å². The predicted molar refractivity (Wildman–Crippen MR) is 70.8 cm³/mol. The monoisotopic (exact) mass is 247 g/mol. The van der Waals surface area contributed by atoms with Crippen molar-refractivity contribution in [2.45, 2.75) is 26.3 Å². The molecule has 0 unspecified atom stereocenters. The van der Waals surface area contributed by atoms with Crippen molar-refractivity contribution in [3.63, 3.8) is 0 Å². The van der Waals surface area contributed by atoms with Gasteiger partial charge in [-0.05, 0) is 51.6 Å². The summed E-state index contributed by atoms with van der Waals surface area (Å²) in [5, 5.41) is 3.19. The second-order valence-electron chi connectivity index (χ2n) is 4.98. The minimum atomic E-state index is -0.215. The van der Waals surface area contributed by atoms with Crippen LogP contribution in [0.25, 0.3) is 11.3 Å². The van der Waals surface area contributed by atoms with E-state index in [9.17, 15) is 4.39 Å². The molecule has 3 nitrogen and oxygen atoms in total. The molecule has 0 spiro atoms. The van der Waals surface area contributed by atoms with E-state index in [1.54, 1.807) is 19.2 Å². The summed E-state index contributed by atoms with van der Waals surface area (Å²) in [5.41, 5.74) is 2.26. The Morgan fingerprint density at radius 3 is 2.67 bits per heavy atom. The fourth-order valence-electron chi connectivity index (χ4n) is 1.72. The van der Waals surface area contributed by atoms with Gasteiger partial charge in [-0.15, -0.1) is 0 Å². The van der Waals surface area contributed by atoms with Crippen LogP contribution in [0.4, 0.5) is 4.39 Å². The molecule has 0 aliphatic rings. The summed E-state index contributed by atoms with van der Waals surface area (Å²) in [6.45, 7) is 5.85. The minimum absolute atomic E-state index is 0.186. The van der Waals surface area contributed by atoms with Gasteiger partial charge in [0.25, 0.3) is 0 Å². The maximum atomic E-state index is 13.2. The number of hydrogen-bond donors (Lipinski definition) is 2. The Morgan fingerprint density at radius 1 is 1.33 bits per heavy atom. The maximum Gasteiger partial charge on any atom is 0.126 e. The van der Waals surface area contributed by atoms with Gasteiger partial charge in [0.05, 0.1) is 17.4 Å². The average molecular weight is 247 g/mol. The van der Waals surface area contributed by atoms with Crippen molar-refractivity contribution in [3.8, 4) is 11.3 Å². The van der Waals surface area contributed by atoms with Gasteiger partial charge < -0.3 is 10.3 Å². The number of halogens is 1. The zero-order valence-electron chi connectivity index (χ0n) is 11.1. The Morgan fingerprint density at radius 2 is 2.06 bits per heavy atom. The number of imidazole rings is 1. The van der Waals surface area contributed by atoms with E-state index in [4.69, 9.17) is 0 Å². The summed E-state index contributed by atoms with van der Waals surface area (Å²) < 4.78 is 13.2. The summed E-state index contributed by atoms with van der Waals surface area (Å²) in [7, 11) is 1.89. The molecule has 1 heterocycles. The molecule has 4 heteroatoms. The molecule has 1 aromatic heterocycles. The summed E-state index contributed by atoms with van der Waals surface area (Å²) >= 11 is 0. The van der Waals surface area contributed by atoms with Crippen LogP contribution < -0.4 is 5.32 Å². The fraction of sp³-hybridized carbons (Fsp3) is 0.357. The van der Waals surface area contributed by atoms with Crippen molar-refractivity contribution < 1.29 is 4.39 Å². The maximum absolute atomic E-state index is 13.2. The number of nitrogens with zero attached hydrogens (tertiary/aromatic N) is 1. The highest BCUT2D eigenvalue weighted by atomic mass is 19.1. The molecule has 0 bridgehead atoms. The zero-order chi connectivity index (χ0) is 13.3. The van der Waals surface area contributed by atoms with E-state index < -0.39 is 0 Å². The van der Waals surface area contributed by atoms with Crippen LogP contribution in [0.2, 0.25) is 0 Å². The van der Waals surface area contributed by atoms with Gasteiger partial charge in [-0.3, -0.25) is 0 Å². The summed E-state index contributed by atoms with van der Waals surface area (Å²) in [5.74, 6) is 0.677.